The second-order valence-corrected chi connectivity index (χ2v) is 9.01. The summed E-state index contributed by atoms with van der Waals surface area (Å²) in [6.07, 6.45) is 4.77. The van der Waals surface area contributed by atoms with Crippen LogP contribution in [0.1, 0.15) is 48.0 Å². The van der Waals surface area contributed by atoms with E-state index in [0.29, 0.717) is 18.7 Å². The highest BCUT2D eigenvalue weighted by atomic mass is 32.2. The minimum atomic E-state index is -3.08. The van der Waals surface area contributed by atoms with Crippen LogP contribution in [0.25, 0.3) is 0 Å². The van der Waals surface area contributed by atoms with Gasteiger partial charge in [-0.2, -0.15) is 0 Å². The first kappa shape index (κ1) is 15.5. The Balaban J connectivity index is 1.64. The van der Waals surface area contributed by atoms with Crippen LogP contribution in [0.4, 0.5) is 0 Å². The molecule has 1 saturated heterocycles. The Morgan fingerprint density at radius 3 is 2.32 bits per heavy atom. The van der Waals surface area contributed by atoms with Crippen molar-refractivity contribution in [3.63, 3.8) is 0 Å². The summed E-state index contributed by atoms with van der Waals surface area (Å²) in [6, 6.07) is 7.46. The van der Waals surface area contributed by atoms with Crippen LogP contribution in [0.5, 0.6) is 0 Å². The fourth-order valence-electron chi connectivity index (χ4n) is 3.46. The molecule has 0 unspecified atom stereocenters. The van der Waals surface area contributed by atoms with Gasteiger partial charge >= 0.3 is 0 Å². The van der Waals surface area contributed by atoms with E-state index in [0.717, 1.165) is 37.7 Å². The van der Waals surface area contributed by atoms with Gasteiger partial charge in [-0.05, 0) is 31.4 Å². The van der Waals surface area contributed by atoms with Gasteiger partial charge in [0, 0.05) is 18.7 Å². The van der Waals surface area contributed by atoms with Crippen molar-refractivity contribution in [1.82, 2.24) is 4.90 Å². The molecule has 1 aliphatic carbocycles. The number of sulfone groups is 1. The van der Waals surface area contributed by atoms with Crippen molar-refractivity contribution in [2.75, 3.05) is 13.1 Å². The molecule has 0 radical (unpaired) electrons. The molecule has 0 bridgehead atoms. The number of hydrogen-bond donors (Lipinski definition) is 0. The fourth-order valence-corrected chi connectivity index (χ4v) is 5.77. The maximum Gasteiger partial charge on any atom is 0.254 e. The monoisotopic (exact) mass is 321 g/mol. The molecule has 1 saturated carbocycles. The van der Waals surface area contributed by atoms with Crippen molar-refractivity contribution in [2.24, 2.45) is 0 Å². The Morgan fingerprint density at radius 1 is 1.05 bits per heavy atom. The number of benzene rings is 1. The van der Waals surface area contributed by atoms with E-state index < -0.39 is 9.84 Å². The van der Waals surface area contributed by atoms with Gasteiger partial charge in [0.25, 0.3) is 5.91 Å². The second kappa shape index (κ2) is 6.03. The Bertz CT molecular complexity index is 656. The summed E-state index contributed by atoms with van der Waals surface area (Å²) in [5.74, 6) is -0.0480. The smallest absolute Gasteiger partial charge is 0.254 e. The highest BCUT2D eigenvalue weighted by Gasteiger charge is 2.43. The summed E-state index contributed by atoms with van der Waals surface area (Å²) in [4.78, 5) is 14.1. The molecule has 2 fully saturated rings. The van der Waals surface area contributed by atoms with E-state index in [1.807, 2.05) is 25.1 Å². The Kier molecular flexibility index (Phi) is 4.26. The average Bonchev–Trinajstić information content (AvgIpc) is 2.46. The minimum absolute atomic E-state index is 0.0480. The van der Waals surface area contributed by atoms with E-state index in [2.05, 4.69) is 0 Å². The van der Waals surface area contributed by atoms with Crippen LogP contribution in [0, 0.1) is 6.92 Å². The number of carbonyl (C=O) groups is 1. The molecule has 0 atom stereocenters. The van der Waals surface area contributed by atoms with Crippen LogP contribution in [-0.4, -0.2) is 42.8 Å². The first-order chi connectivity index (χ1) is 10.5. The van der Waals surface area contributed by atoms with E-state index in [1.165, 1.54) is 0 Å². The maximum atomic E-state index is 12.6. The number of hydrogen-bond acceptors (Lipinski definition) is 3. The van der Waals surface area contributed by atoms with Gasteiger partial charge in [0.15, 0.2) is 9.84 Å². The summed E-state index contributed by atoms with van der Waals surface area (Å²) >= 11 is 0. The SMILES string of the molecule is Cc1ccccc1C(=O)N1CC(S(=O)(=O)C2CCCCC2)C1. The van der Waals surface area contributed by atoms with Gasteiger partial charge in [0.05, 0.1) is 10.5 Å². The van der Waals surface area contributed by atoms with E-state index in [9.17, 15) is 13.2 Å². The predicted molar refractivity (Wildman–Crippen MR) is 86.7 cm³/mol. The number of likely N-dealkylation sites (tertiary alicyclic amines) is 1. The third kappa shape index (κ3) is 2.78. The van der Waals surface area contributed by atoms with E-state index in [1.54, 1.807) is 11.0 Å². The van der Waals surface area contributed by atoms with Crippen LogP contribution < -0.4 is 0 Å². The Labute approximate surface area is 132 Å². The molecule has 120 valence electrons. The van der Waals surface area contributed by atoms with E-state index in [-0.39, 0.29) is 16.4 Å². The summed E-state index contributed by atoms with van der Waals surface area (Å²) in [7, 11) is -3.08. The minimum Gasteiger partial charge on any atom is -0.336 e. The van der Waals surface area contributed by atoms with Gasteiger partial charge in [-0.1, -0.05) is 37.5 Å². The summed E-state index contributed by atoms with van der Waals surface area (Å²) in [5.41, 5.74) is 1.61. The molecule has 5 heteroatoms. The molecule has 4 nitrogen and oxygen atoms in total. The molecule has 1 aliphatic heterocycles. The third-order valence-corrected chi connectivity index (χ3v) is 7.62. The van der Waals surface area contributed by atoms with Crippen molar-refractivity contribution >= 4 is 15.7 Å². The lowest BCUT2D eigenvalue weighted by atomic mass is 10.0. The largest absolute Gasteiger partial charge is 0.336 e. The molecular formula is C17H23NO3S. The van der Waals surface area contributed by atoms with Crippen molar-refractivity contribution in [1.29, 1.82) is 0 Å². The molecular weight excluding hydrogens is 298 g/mol. The number of rotatable bonds is 3. The predicted octanol–water partition coefficient (Wildman–Crippen LogP) is 2.57. The molecule has 1 heterocycles. The van der Waals surface area contributed by atoms with Gasteiger partial charge in [-0.15, -0.1) is 0 Å². The van der Waals surface area contributed by atoms with Crippen LogP contribution in [-0.2, 0) is 9.84 Å². The van der Waals surface area contributed by atoms with Gasteiger partial charge in [0.2, 0.25) is 0 Å². The van der Waals surface area contributed by atoms with Gasteiger partial charge in [-0.3, -0.25) is 4.79 Å². The number of aryl methyl sites for hydroxylation is 1. The zero-order valence-corrected chi connectivity index (χ0v) is 13.8. The van der Waals surface area contributed by atoms with Crippen LogP contribution in [0.2, 0.25) is 0 Å². The molecule has 2 aliphatic rings. The zero-order chi connectivity index (χ0) is 15.7. The summed E-state index contributed by atoms with van der Waals surface area (Å²) in [6.45, 7) is 2.61. The fraction of sp³-hybridized carbons (Fsp3) is 0.588. The van der Waals surface area contributed by atoms with E-state index >= 15 is 0 Å². The first-order valence-corrected chi connectivity index (χ1v) is 9.68. The third-order valence-electron chi connectivity index (χ3n) is 4.99. The zero-order valence-electron chi connectivity index (χ0n) is 13.0. The maximum absolute atomic E-state index is 12.6. The standard InChI is InChI=1S/C17H23NO3S/c1-13-7-5-6-10-16(13)17(19)18-11-15(12-18)22(20,21)14-8-3-2-4-9-14/h5-7,10,14-15H,2-4,8-9,11-12H2,1H3. The van der Waals surface area contributed by atoms with Gasteiger partial charge < -0.3 is 4.90 Å². The number of carbonyl (C=O) groups excluding carboxylic acids is 1. The lowest BCUT2D eigenvalue weighted by Gasteiger charge is -2.41. The highest BCUT2D eigenvalue weighted by Crippen LogP contribution is 2.30. The Hall–Kier alpha value is -1.36. The van der Waals surface area contributed by atoms with Crippen LogP contribution >= 0.6 is 0 Å². The molecule has 22 heavy (non-hydrogen) atoms. The van der Waals surface area contributed by atoms with Crippen LogP contribution in [0.15, 0.2) is 24.3 Å². The highest BCUT2D eigenvalue weighted by molar-refractivity contribution is 7.92. The van der Waals surface area contributed by atoms with Gasteiger partial charge in [0.1, 0.15) is 0 Å². The van der Waals surface area contributed by atoms with Crippen LogP contribution in [0.3, 0.4) is 0 Å². The average molecular weight is 321 g/mol. The Morgan fingerprint density at radius 2 is 1.68 bits per heavy atom. The van der Waals surface area contributed by atoms with E-state index in [4.69, 9.17) is 0 Å². The van der Waals surface area contributed by atoms with Crippen molar-refractivity contribution in [2.45, 2.75) is 49.5 Å². The first-order valence-electron chi connectivity index (χ1n) is 8.08. The van der Waals surface area contributed by atoms with Crippen molar-refractivity contribution in [3.8, 4) is 0 Å². The topological polar surface area (TPSA) is 54.5 Å². The van der Waals surface area contributed by atoms with Gasteiger partial charge in [-0.25, -0.2) is 8.42 Å². The summed E-state index contributed by atoms with van der Waals surface area (Å²) in [5, 5.41) is -0.537. The normalized spacial score (nSPS) is 20.7. The number of nitrogens with zero attached hydrogens (tertiary/aromatic N) is 1. The molecule has 0 N–H and O–H groups in total. The summed E-state index contributed by atoms with van der Waals surface area (Å²) < 4.78 is 25.2. The lowest BCUT2D eigenvalue weighted by molar-refractivity contribution is 0.0657. The molecule has 1 aromatic carbocycles. The van der Waals surface area contributed by atoms with Crippen molar-refractivity contribution < 1.29 is 13.2 Å². The second-order valence-electron chi connectivity index (χ2n) is 6.50. The lowest BCUT2D eigenvalue weighted by Crippen LogP contribution is -2.58. The molecule has 3 rings (SSSR count). The number of amides is 1. The molecule has 0 aromatic heterocycles. The molecule has 1 amide bonds. The molecule has 1 aromatic rings. The molecule has 0 spiro atoms. The quantitative estimate of drug-likeness (QED) is 0.860. The van der Waals surface area contributed by atoms with Crippen molar-refractivity contribution in [3.05, 3.63) is 35.4 Å².